The van der Waals surface area contributed by atoms with Crippen LogP contribution in [-0.4, -0.2) is 28.7 Å². The number of rotatable bonds is 1. The van der Waals surface area contributed by atoms with Gasteiger partial charge >= 0.3 is 6.03 Å². The van der Waals surface area contributed by atoms with Crippen LogP contribution in [0.4, 0.5) is 4.79 Å². The molecule has 3 N–H and O–H groups in total. The van der Waals surface area contributed by atoms with Crippen LogP contribution in [0.5, 0.6) is 0 Å². The Morgan fingerprint density at radius 3 is 2.28 bits per heavy atom. The molecule has 4 bridgehead atoms. The first-order valence-electron chi connectivity index (χ1n) is 6.82. The normalized spacial score (nSPS) is 53.5. The molecule has 0 aromatic carbocycles. The van der Waals surface area contributed by atoms with Crippen LogP contribution in [0.25, 0.3) is 0 Å². The second-order valence-corrected chi connectivity index (χ2v) is 6.94. The summed E-state index contributed by atoms with van der Waals surface area (Å²) < 4.78 is 0. The fourth-order valence-corrected chi connectivity index (χ4v) is 5.47. The molecule has 3 amide bonds. The SMILES string of the molecule is O=C1NC(=O)C(C23CC4CC(CC(O)(C4)C2)C3)N1. The van der Waals surface area contributed by atoms with Crippen molar-refractivity contribution in [3.63, 3.8) is 0 Å². The van der Waals surface area contributed by atoms with Gasteiger partial charge in [-0.1, -0.05) is 0 Å². The summed E-state index contributed by atoms with van der Waals surface area (Å²) in [7, 11) is 0. The molecule has 5 fully saturated rings. The van der Waals surface area contributed by atoms with Crippen LogP contribution < -0.4 is 10.6 Å². The first kappa shape index (κ1) is 10.8. The van der Waals surface area contributed by atoms with E-state index in [-0.39, 0.29) is 17.4 Å². The monoisotopic (exact) mass is 250 g/mol. The van der Waals surface area contributed by atoms with Crippen LogP contribution >= 0.6 is 0 Å². The van der Waals surface area contributed by atoms with Gasteiger partial charge in [0, 0.05) is 5.41 Å². The predicted octanol–water partition coefficient (Wildman–Crippen LogP) is 0.526. The number of carbonyl (C=O) groups is 2. The van der Waals surface area contributed by atoms with Gasteiger partial charge in [-0.05, 0) is 50.4 Å². The van der Waals surface area contributed by atoms with Crippen molar-refractivity contribution >= 4 is 11.9 Å². The van der Waals surface area contributed by atoms with E-state index in [4.69, 9.17) is 0 Å². The van der Waals surface area contributed by atoms with E-state index in [2.05, 4.69) is 10.6 Å². The standard InChI is InChI=1S/C13H18N2O3/c16-10-9(14-11(17)15-10)12-2-7-1-8(3-12)5-13(18,4-7)6-12/h7-9,18H,1-6H2,(H2,14,15,16,17). The molecule has 5 aliphatic rings. The van der Waals surface area contributed by atoms with Crippen molar-refractivity contribution in [1.29, 1.82) is 0 Å². The van der Waals surface area contributed by atoms with E-state index in [0.717, 1.165) is 25.7 Å². The van der Waals surface area contributed by atoms with Gasteiger partial charge < -0.3 is 10.4 Å². The second kappa shape index (κ2) is 3.07. The van der Waals surface area contributed by atoms with E-state index in [1.54, 1.807) is 0 Å². The number of aliphatic hydroxyl groups is 1. The van der Waals surface area contributed by atoms with E-state index < -0.39 is 11.6 Å². The Hall–Kier alpha value is -1.10. The number of urea groups is 1. The van der Waals surface area contributed by atoms with E-state index >= 15 is 0 Å². The van der Waals surface area contributed by atoms with Crippen molar-refractivity contribution in [3.8, 4) is 0 Å². The molecule has 4 aliphatic carbocycles. The Labute approximate surface area is 105 Å². The van der Waals surface area contributed by atoms with Gasteiger partial charge in [-0.3, -0.25) is 10.1 Å². The summed E-state index contributed by atoms with van der Waals surface area (Å²) >= 11 is 0. The van der Waals surface area contributed by atoms with Gasteiger partial charge in [-0.15, -0.1) is 0 Å². The molecular formula is C13H18N2O3. The topological polar surface area (TPSA) is 78.4 Å². The molecule has 1 aliphatic heterocycles. The summed E-state index contributed by atoms with van der Waals surface area (Å²) in [5.41, 5.74) is -0.785. The molecule has 1 saturated heterocycles. The smallest absolute Gasteiger partial charge is 0.322 e. The maximum Gasteiger partial charge on any atom is 0.322 e. The van der Waals surface area contributed by atoms with Crippen molar-refractivity contribution < 1.29 is 14.7 Å². The van der Waals surface area contributed by atoms with Crippen molar-refractivity contribution in [1.82, 2.24) is 10.6 Å². The first-order chi connectivity index (χ1) is 8.48. The van der Waals surface area contributed by atoms with Crippen LogP contribution in [0, 0.1) is 17.3 Å². The molecule has 0 aromatic rings. The Morgan fingerprint density at radius 1 is 1.11 bits per heavy atom. The highest BCUT2D eigenvalue weighted by atomic mass is 16.3. The Bertz CT molecular complexity index is 434. The van der Waals surface area contributed by atoms with Gasteiger partial charge in [0.25, 0.3) is 5.91 Å². The lowest BCUT2D eigenvalue weighted by Gasteiger charge is -2.61. The average Bonchev–Trinajstić information content (AvgIpc) is 2.54. The minimum Gasteiger partial charge on any atom is -0.390 e. The Morgan fingerprint density at radius 2 is 1.78 bits per heavy atom. The molecule has 5 heteroatoms. The Balaban J connectivity index is 1.71. The number of hydrogen-bond acceptors (Lipinski definition) is 3. The van der Waals surface area contributed by atoms with Crippen molar-refractivity contribution in [3.05, 3.63) is 0 Å². The maximum atomic E-state index is 11.9. The van der Waals surface area contributed by atoms with Crippen LogP contribution in [0.2, 0.25) is 0 Å². The third kappa shape index (κ3) is 1.31. The summed E-state index contributed by atoms with van der Waals surface area (Å²) in [4.78, 5) is 23.3. The summed E-state index contributed by atoms with van der Waals surface area (Å²) in [5.74, 6) is 0.855. The van der Waals surface area contributed by atoms with E-state index in [1.165, 1.54) is 6.42 Å². The van der Waals surface area contributed by atoms with Gasteiger partial charge in [0.2, 0.25) is 0 Å². The van der Waals surface area contributed by atoms with Crippen LogP contribution in [0.15, 0.2) is 0 Å². The van der Waals surface area contributed by atoms with Crippen molar-refractivity contribution in [2.24, 2.45) is 17.3 Å². The molecule has 0 aromatic heterocycles. The van der Waals surface area contributed by atoms with Crippen LogP contribution in [-0.2, 0) is 4.79 Å². The fourth-order valence-electron chi connectivity index (χ4n) is 5.47. The van der Waals surface area contributed by atoms with E-state index in [0.29, 0.717) is 18.3 Å². The molecule has 5 nitrogen and oxygen atoms in total. The minimum absolute atomic E-state index is 0.199. The summed E-state index contributed by atoms with van der Waals surface area (Å²) in [5, 5.41) is 15.7. The van der Waals surface area contributed by atoms with Gasteiger partial charge in [-0.2, -0.15) is 0 Å². The highest BCUT2D eigenvalue weighted by Crippen LogP contribution is 2.62. The number of carbonyl (C=O) groups excluding carboxylic acids is 2. The van der Waals surface area contributed by atoms with Gasteiger partial charge in [0.15, 0.2) is 0 Å². The second-order valence-electron chi connectivity index (χ2n) is 6.94. The summed E-state index contributed by atoms with van der Waals surface area (Å²) in [6.45, 7) is 0. The third-order valence-electron chi connectivity index (χ3n) is 5.46. The van der Waals surface area contributed by atoms with Crippen molar-refractivity contribution in [2.45, 2.75) is 50.2 Å². The molecule has 0 spiro atoms. The van der Waals surface area contributed by atoms with Gasteiger partial charge in [-0.25, -0.2) is 4.79 Å². The number of amides is 3. The molecule has 3 atom stereocenters. The Kier molecular flexibility index (Phi) is 1.84. The largest absolute Gasteiger partial charge is 0.390 e. The van der Waals surface area contributed by atoms with Gasteiger partial charge in [0.1, 0.15) is 6.04 Å². The molecule has 3 unspecified atom stereocenters. The first-order valence-corrected chi connectivity index (χ1v) is 6.82. The number of imide groups is 1. The lowest BCUT2D eigenvalue weighted by Crippen LogP contribution is -2.62. The zero-order chi connectivity index (χ0) is 12.5. The molecule has 4 saturated carbocycles. The van der Waals surface area contributed by atoms with E-state index in [1.807, 2.05) is 0 Å². The molecule has 98 valence electrons. The highest BCUT2D eigenvalue weighted by molar-refractivity contribution is 6.04. The predicted molar refractivity (Wildman–Crippen MR) is 62.5 cm³/mol. The zero-order valence-corrected chi connectivity index (χ0v) is 10.2. The lowest BCUT2D eigenvalue weighted by molar-refractivity contribution is -0.174. The fraction of sp³-hybridized carbons (Fsp3) is 0.846. The highest BCUT2D eigenvalue weighted by Gasteiger charge is 2.62. The summed E-state index contributed by atoms with van der Waals surface area (Å²) in [6, 6.07) is -0.810. The maximum absolute atomic E-state index is 11.9. The van der Waals surface area contributed by atoms with Crippen LogP contribution in [0.1, 0.15) is 38.5 Å². The molecule has 0 radical (unpaired) electrons. The summed E-state index contributed by atoms with van der Waals surface area (Å²) in [6.07, 6.45) is 5.58. The number of hydrogen-bond donors (Lipinski definition) is 3. The molecule has 5 rings (SSSR count). The average molecular weight is 250 g/mol. The third-order valence-corrected chi connectivity index (χ3v) is 5.46. The molecule has 18 heavy (non-hydrogen) atoms. The van der Waals surface area contributed by atoms with Gasteiger partial charge in [0.05, 0.1) is 5.60 Å². The zero-order valence-electron chi connectivity index (χ0n) is 10.2. The van der Waals surface area contributed by atoms with Crippen molar-refractivity contribution in [2.75, 3.05) is 0 Å². The lowest BCUT2D eigenvalue weighted by atomic mass is 9.46. The minimum atomic E-state index is -0.586. The van der Waals surface area contributed by atoms with E-state index in [9.17, 15) is 14.7 Å². The molecule has 1 heterocycles. The quantitative estimate of drug-likeness (QED) is 0.594. The van der Waals surface area contributed by atoms with Crippen LogP contribution in [0.3, 0.4) is 0 Å². The number of nitrogens with one attached hydrogen (secondary N) is 2. The molecular weight excluding hydrogens is 232 g/mol.